The molecule has 1 aromatic carbocycles. The summed E-state index contributed by atoms with van der Waals surface area (Å²) in [5.74, 6) is 0.888. The molecule has 1 aromatic heterocycles. The third-order valence-electron chi connectivity index (χ3n) is 3.32. The normalized spacial score (nSPS) is 12.1. The van der Waals surface area contributed by atoms with Crippen LogP contribution in [0.1, 0.15) is 31.5 Å². The Hall–Kier alpha value is -1.87. The Bertz CT molecular complexity index is 511. The molecule has 2 aromatic rings. The van der Waals surface area contributed by atoms with Gasteiger partial charge in [-0.15, -0.1) is 0 Å². The number of benzene rings is 1. The van der Waals surface area contributed by atoms with Gasteiger partial charge in [-0.3, -0.25) is 4.98 Å². The van der Waals surface area contributed by atoms with Crippen LogP contribution in [0.2, 0.25) is 0 Å². The van der Waals surface area contributed by atoms with Crippen molar-refractivity contribution in [3.8, 4) is 5.75 Å². The molecule has 2 rings (SSSR count). The topological polar surface area (TPSA) is 34.1 Å². The summed E-state index contributed by atoms with van der Waals surface area (Å²) in [6.07, 6.45) is 4.00. The Kier molecular flexibility index (Phi) is 6.22. The molecule has 1 heterocycles. The fourth-order valence-corrected chi connectivity index (χ4v) is 2.18. The highest BCUT2D eigenvalue weighted by Gasteiger charge is 2.03. The highest BCUT2D eigenvalue weighted by atomic mass is 16.5. The van der Waals surface area contributed by atoms with E-state index in [9.17, 15) is 0 Å². The molecule has 0 bridgehead atoms. The predicted octanol–water partition coefficient (Wildman–Crippen LogP) is 3.59. The summed E-state index contributed by atoms with van der Waals surface area (Å²) in [6.45, 7) is 6.00. The van der Waals surface area contributed by atoms with Crippen molar-refractivity contribution < 1.29 is 4.74 Å². The second-order valence-electron chi connectivity index (χ2n) is 5.31. The molecule has 0 saturated carbocycles. The molecular weight excluding hydrogens is 260 g/mol. The van der Waals surface area contributed by atoms with Gasteiger partial charge in [0.25, 0.3) is 0 Å². The zero-order valence-corrected chi connectivity index (χ0v) is 12.9. The molecule has 0 saturated heterocycles. The van der Waals surface area contributed by atoms with Gasteiger partial charge >= 0.3 is 0 Å². The Morgan fingerprint density at radius 2 is 1.95 bits per heavy atom. The third-order valence-corrected chi connectivity index (χ3v) is 3.32. The van der Waals surface area contributed by atoms with E-state index in [0.717, 1.165) is 24.4 Å². The summed E-state index contributed by atoms with van der Waals surface area (Å²) >= 11 is 0. The Labute approximate surface area is 127 Å². The zero-order valence-electron chi connectivity index (χ0n) is 12.9. The van der Waals surface area contributed by atoms with Crippen molar-refractivity contribution in [2.24, 2.45) is 0 Å². The van der Waals surface area contributed by atoms with Crippen molar-refractivity contribution in [3.63, 3.8) is 0 Å². The van der Waals surface area contributed by atoms with Gasteiger partial charge in [-0.05, 0) is 56.1 Å². The summed E-state index contributed by atoms with van der Waals surface area (Å²) in [5, 5.41) is 3.50. The number of aromatic nitrogens is 1. The summed E-state index contributed by atoms with van der Waals surface area (Å²) in [5.41, 5.74) is 2.27. The highest BCUT2D eigenvalue weighted by Crippen LogP contribution is 2.14. The maximum absolute atomic E-state index is 5.74. The highest BCUT2D eigenvalue weighted by molar-refractivity contribution is 5.28. The summed E-state index contributed by atoms with van der Waals surface area (Å²) < 4.78 is 5.74. The average molecular weight is 284 g/mol. The molecule has 0 spiro atoms. The standard InChI is InChI=1S/C18H24N2O/c1-3-11-19-15(2)13-16-7-9-18(10-8-16)21-14-17-6-4-5-12-20-17/h4-10,12,15,19H,3,11,13-14H2,1-2H3. The number of nitrogens with zero attached hydrogens (tertiary/aromatic N) is 1. The average Bonchev–Trinajstić information content (AvgIpc) is 2.53. The van der Waals surface area contributed by atoms with E-state index in [1.807, 2.05) is 30.3 Å². The molecule has 1 atom stereocenters. The van der Waals surface area contributed by atoms with Crippen molar-refractivity contribution >= 4 is 0 Å². The molecule has 1 N–H and O–H groups in total. The molecule has 0 fully saturated rings. The lowest BCUT2D eigenvalue weighted by Crippen LogP contribution is -2.28. The first kappa shape index (κ1) is 15.5. The molecule has 1 unspecified atom stereocenters. The van der Waals surface area contributed by atoms with Crippen LogP contribution in [0.25, 0.3) is 0 Å². The Morgan fingerprint density at radius 3 is 2.62 bits per heavy atom. The van der Waals surface area contributed by atoms with E-state index in [1.54, 1.807) is 6.20 Å². The van der Waals surface area contributed by atoms with Gasteiger partial charge in [-0.1, -0.05) is 25.1 Å². The van der Waals surface area contributed by atoms with Gasteiger partial charge in [0.2, 0.25) is 0 Å². The predicted molar refractivity (Wildman–Crippen MR) is 86.5 cm³/mol. The van der Waals surface area contributed by atoms with E-state index in [4.69, 9.17) is 4.74 Å². The van der Waals surface area contributed by atoms with E-state index in [0.29, 0.717) is 12.6 Å². The van der Waals surface area contributed by atoms with Gasteiger partial charge in [0, 0.05) is 12.2 Å². The van der Waals surface area contributed by atoms with Crippen LogP contribution in [0, 0.1) is 0 Å². The minimum Gasteiger partial charge on any atom is -0.487 e. The van der Waals surface area contributed by atoms with Gasteiger partial charge in [-0.2, -0.15) is 0 Å². The van der Waals surface area contributed by atoms with Gasteiger partial charge in [-0.25, -0.2) is 0 Å². The van der Waals surface area contributed by atoms with Crippen molar-refractivity contribution in [3.05, 3.63) is 59.9 Å². The van der Waals surface area contributed by atoms with Crippen LogP contribution < -0.4 is 10.1 Å². The van der Waals surface area contributed by atoms with Crippen molar-refractivity contribution in [1.29, 1.82) is 0 Å². The van der Waals surface area contributed by atoms with Crippen LogP contribution >= 0.6 is 0 Å². The fourth-order valence-electron chi connectivity index (χ4n) is 2.18. The quantitative estimate of drug-likeness (QED) is 0.804. The number of pyridine rings is 1. The van der Waals surface area contributed by atoms with Crippen LogP contribution in [0.4, 0.5) is 0 Å². The van der Waals surface area contributed by atoms with Gasteiger partial charge < -0.3 is 10.1 Å². The number of ether oxygens (including phenoxy) is 1. The van der Waals surface area contributed by atoms with Gasteiger partial charge in [0.05, 0.1) is 5.69 Å². The van der Waals surface area contributed by atoms with E-state index in [1.165, 1.54) is 12.0 Å². The van der Waals surface area contributed by atoms with Gasteiger partial charge in [0.15, 0.2) is 0 Å². The van der Waals surface area contributed by atoms with Gasteiger partial charge in [0.1, 0.15) is 12.4 Å². The fraction of sp³-hybridized carbons (Fsp3) is 0.389. The van der Waals surface area contributed by atoms with E-state index < -0.39 is 0 Å². The summed E-state index contributed by atoms with van der Waals surface area (Å²) in [4.78, 5) is 4.25. The molecule has 3 nitrogen and oxygen atoms in total. The first-order valence-electron chi connectivity index (χ1n) is 7.63. The van der Waals surface area contributed by atoms with Crippen LogP contribution in [0.3, 0.4) is 0 Å². The van der Waals surface area contributed by atoms with E-state index >= 15 is 0 Å². The molecule has 0 aliphatic carbocycles. The van der Waals surface area contributed by atoms with Crippen LogP contribution in [0.15, 0.2) is 48.7 Å². The minimum atomic E-state index is 0.505. The lowest BCUT2D eigenvalue weighted by Gasteiger charge is -2.13. The molecular formula is C18H24N2O. The SMILES string of the molecule is CCCNC(C)Cc1ccc(OCc2ccccn2)cc1. The Balaban J connectivity index is 1.81. The maximum atomic E-state index is 5.74. The molecule has 0 aliphatic heterocycles. The number of hydrogen-bond donors (Lipinski definition) is 1. The second kappa shape index (κ2) is 8.42. The number of hydrogen-bond acceptors (Lipinski definition) is 3. The summed E-state index contributed by atoms with van der Waals surface area (Å²) in [7, 11) is 0. The monoisotopic (exact) mass is 284 g/mol. The molecule has 0 amide bonds. The Morgan fingerprint density at radius 1 is 1.14 bits per heavy atom. The molecule has 3 heteroatoms. The third kappa shape index (κ3) is 5.56. The largest absolute Gasteiger partial charge is 0.487 e. The molecule has 112 valence electrons. The van der Waals surface area contributed by atoms with E-state index in [-0.39, 0.29) is 0 Å². The first-order valence-corrected chi connectivity index (χ1v) is 7.63. The van der Waals surface area contributed by atoms with Crippen molar-refractivity contribution in [2.75, 3.05) is 6.54 Å². The molecule has 0 radical (unpaired) electrons. The van der Waals surface area contributed by atoms with Crippen molar-refractivity contribution in [2.45, 2.75) is 39.3 Å². The van der Waals surface area contributed by atoms with Crippen LogP contribution in [-0.4, -0.2) is 17.6 Å². The number of nitrogens with one attached hydrogen (secondary N) is 1. The zero-order chi connectivity index (χ0) is 14.9. The van der Waals surface area contributed by atoms with E-state index in [2.05, 4.69) is 36.3 Å². The second-order valence-corrected chi connectivity index (χ2v) is 5.31. The molecule has 0 aliphatic rings. The van der Waals surface area contributed by atoms with Crippen molar-refractivity contribution in [1.82, 2.24) is 10.3 Å². The van der Waals surface area contributed by atoms with Crippen LogP contribution in [-0.2, 0) is 13.0 Å². The maximum Gasteiger partial charge on any atom is 0.130 e. The minimum absolute atomic E-state index is 0.505. The number of rotatable bonds is 8. The lowest BCUT2D eigenvalue weighted by atomic mass is 10.1. The first-order chi connectivity index (χ1) is 10.3. The van der Waals surface area contributed by atoms with Crippen LogP contribution in [0.5, 0.6) is 5.75 Å². The smallest absolute Gasteiger partial charge is 0.130 e. The lowest BCUT2D eigenvalue weighted by molar-refractivity contribution is 0.301. The molecule has 21 heavy (non-hydrogen) atoms. The summed E-state index contributed by atoms with van der Waals surface area (Å²) in [6, 6.07) is 14.7.